The number of amides is 1. The highest BCUT2D eigenvalue weighted by Crippen LogP contribution is 2.31. The van der Waals surface area contributed by atoms with Crippen LogP contribution in [0.2, 0.25) is 0 Å². The number of benzene rings is 2. The van der Waals surface area contributed by atoms with Crippen LogP contribution in [0.4, 0.5) is 5.82 Å². The molecule has 2 heterocycles. The van der Waals surface area contributed by atoms with Crippen LogP contribution in [0.15, 0.2) is 54.6 Å². The van der Waals surface area contributed by atoms with Gasteiger partial charge in [0.05, 0.1) is 0 Å². The first kappa shape index (κ1) is 17.7. The maximum Gasteiger partial charge on any atom is 0.248 e. The van der Waals surface area contributed by atoms with E-state index in [2.05, 4.69) is 52.8 Å². The van der Waals surface area contributed by atoms with Gasteiger partial charge in [0.25, 0.3) is 0 Å². The summed E-state index contributed by atoms with van der Waals surface area (Å²) >= 11 is 0. The van der Waals surface area contributed by atoms with Crippen molar-refractivity contribution >= 4 is 22.6 Å². The Balaban J connectivity index is 1.52. The summed E-state index contributed by atoms with van der Waals surface area (Å²) in [6.07, 6.45) is 3.60. The second-order valence-corrected chi connectivity index (χ2v) is 7.50. The smallest absolute Gasteiger partial charge is 0.248 e. The van der Waals surface area contributed by atoms with Crippen LogP contribution in [0.25, 0.3) is 10.9 Å². The average Bonchev–Trinajstić information content (AvgIpc) is 3.07. The molecule has 27 heavy (non-hydrogen) atoms. The zero-order chi connectivity index (χ0) is 18.8. The molecule has 0 atom stereocenters. The number of piperidine rings is 1. The number of nitrogens with two attached hydrogens (primary N) is 1. The highest BCUT2D eigenvalue weighted by atomic mass is 16.1. The number of fused-ring (bicyclic) bond motifs is 1. The van der Waals surface area contributed by atoms with Crippen LogP contribution < -0.4 is 10.6 Å². The lowest BCUT2D eigenvalue weighted by Crippen LogP contribution is -2.35. The van der Waals surface area contributed by atoms with E-state index in [0.717, 1.165) is 30.9 Å². The van der Waals surface area contributed by atoms with Gasteiger partial charge in [-0.15, -0.1) is 0 Å². The van der Waals surface area contributed by atoms with Crippen LogP contribution in [0, 0.1) is 5.92 Å². The van der Waals surface area contributed by atoms with Gasteiger partial charge in [-0.1, -0.05) is 30.3 Å². The van der Waals surface area contributed by atoms with Crippen molar-refractivity contribution in [1.29, 1.82) is 0 Å². The van der Waals surface area contributed by atoms with E-state index in [-0.39, 0.29) is 5.91 Å². The number of primary amides is 1. The third-order valence-corrected chi connectivity index (χ3v) is 5.79. The topological polar surface area (TPSA) is 51.3 Å². The minimum Gasteiger partial charge on any atom is -0.366 e. The summed E-state index contributed by atoms with van der Waals surface area (Å²) in [5, 5.41) is 1.09. The first-order valence-corrected chi connectivity index (χ1v) is 9.87. The number of hydrogen-bond acceptors (Lipinski definition) is 2. The molecule has 2 N–H and O–H groups in total. The summed E-state index contributed by atoms with van der Waals surface area (Å²) in [6, 6.07) is 18.8. The minimum absolute atomic E-state index is 0.371. The third-order valence-electron chi connectivity index (χ3n) is 5.79. The molecule has 0 saturated carbocycles. The van der Waals surface area contributed by atoms with Crippen LogP contribution in [0.5, 0.6) is 0 Å². The van der Waals surface area contributed by atoms with Crippen molar-refractivity contribution in [2.75, 3.05) is 18.0 Å². The maximum atomic E-state index is 11.5. The zero-order valence-electron chi connectivity index (χ0n) is 15.9. The summed E-state index contributed by atoms with van der Waals surface area (Å²) in [4.78, 5) is 14.0. The largest absolute Gasteiger partial charge is 0.366 e. The molecule has 1 aliphatic heterocycles. The van der Waals surface area contributed by atoms with Crippen molar-refractivity contribution in [1.82, 2.24) is 4.57 Å². The molecular weight excluding hydrogens is 334 g/mol. The maximum absolute atomic E-state index is 11.5. The highest BCUT2D eigenvalue weighted by molar-refractivity contribution is 5.98. The summed E-state index contributed by atoms with van der Waals surface area (Å²) < 4.78 is 2.34. The molecule has 1 fully saturated rings. The normalized spacial score (nSPS) is 15.4. The Kier molecular flexibility index (Phi) is 4.88. The monoisotopic (exact) mass is 361 g/mol. The van der Waals surface area contributed by atoms with Crippen molar-refractivity contribution in [3.63, 3.8) is 0 Å². The third kappa shape index (κ3) is 3.57. The van der Waals surface area contributed by atoms with Gasteiger partial charge in [0, 0.05) is 36.1 Å². The molecule has 1 saturated heterocycles. The Morgan fingerprint density at radius 2 is 1.81 bits per heavy atom. The molecule has 4 heteroatoms. The van der Waals surface area contributed by atoms with Crippen LogP contribution in [0.1, 0.15) is 35.7 Å². The van der Waals surface area contributed by atoms with Gasteiger partial charge < -0.3 is 15.2 Å². The molecule has 0 radical (unpaired) electrons. The van der Waals surface area contributed by atoms with Crippen LogP contribution >= 0.6 is 0 Å². The summed E-state index contributed by atoms with van der Waals surface area (Å²) in [5.74, 6) is 1.64. The lowest BCUT2D eigenvalue weighted by Gasteiger charge is -2.34. The number of hydrogen-bond donors (Lipinski definition) is 1. The van der Waals surface area contributed by atoms with E-state index >= 15 is 0 Å². The molecule has 0 bridgehead atoms. The Labute approximate surface area is 160 Å². The van der Waals surface area contributed by atoms with Crippen molar-refractivity contribution in [3.05, 3.63) is 65.7 Å². The molecule has 4 rings (SSSR count). The molecule has 2 aromatic carbocycles. The predicted molar refractivity (Wildman–Crippen MR) is 111 cm³/mol. The molecule has 0 aliphatic carbocycles. The first-order chi connectivity index (χ1) is 13.2. The zero-order valence-corrected chi connectivity index (χ0v) is 15.9. The lowest BCUT2D eigenvalue weighted by molar-refractivity contribution is 0.100. The first-order valence-electron chi connectivity index (χ1n) is 9.87. The Morgan fingerprint density at radius 3 is 2.48 bits per heavy atom. The number of aryl methyl sites for hydroxylation is 1. The second-order valence-electron chi connectivity index (χ2n) is 7.50. The fourth-order valence-electron chi connectivity index (χ4n) is 4.32. The van der Waals surface area contributed by atoms with Crippen molar-refractivity contribution in [2.45, 2.75) is 32.7 Å². The van der Waals surface area contributed by atoms with E-state index in [4.69, 9.17) is 5.73 Å². The van der Waals surface area contributed by atoms with Gasteiger partial charge in [-0.2, -0.15) is 0 Å². The molecule has 3 aromatic rings. The summed E-state index contributed by atoms with van der Waals surface area (Å²) in [5.41, 5.74) is 8.63. The van der Waals surface area contributed by atoms with E-state index in [0.29, 0.717) is 5.56 Å². The van der Waals surface area contributed by atoms with E-state index in [1.54, 1.807) is 0 Å². The summed E-state index contributed by atoms with van der Waals surface area (Å²) in [6.45, 7) is 5.25. The Bertz CT molecular complexity index is 937. The highest BCUT2D eigenvalue weighted by Gasteiger charge is 2.22. The van der Waals surface area contributed by atoms with Crippen molar-refractivity contribution < 1.29 is 4.79 Å². The summed E-state index contributed by atoms with van der Waals surface area (Å²) in [7, 11) is 0. The molecule has 0 spiro atoms. The van der Waals surface area contributed by atoms with Gasteiger partial charge in [0.1, 0.15) is 5.82 Å². The van der Waals surface area contributed by atoms with Crippen molar-refractivity contribution in [3.8, 4) is 0 Å². The molecule has 1 aromatic heterocycles. The van der Waals surface area contributed by atoms with E-state index < -0.39 is 0 Å². The standard InChI is InChI=1S/C23H27N3O/c1-2-26-21-9-8-19(23(24)27)15-20(21)16-22(26)25-12-10-18(11-13-25)14-17-6-4-3-5-7-17/h3-9,15-16,18H,2,10-14H2,1H3,(H2,24,27). The SMILES string of the molecule is CCn1c(N2CCC(Cc3ccccc3)CC2)cc2cc(C(N)=O)ccc21. The molecule has 0 unspecified atom stereocenters. The van der Waals surface area contributed by atoms with Crippen LogP contribution in [-0.2, 0) is 13.0 Å². The minimum atomic E-state index is -0.371. The van der Waals surface area contributed by atoms with Gasteiger partial charge in [0.2, 0.25) is 5.91 Å². The van der Waals surface area contributed by atoms with Gasteiger partial charge in [-0.25, -0.2) is 0 Å². The van der Waals surface area contributed by atoms with Crippen LogP contribution in [-0.4, -0.2) is 23.6 Å². The quantitative estimate of drug-likeness (QED) is 0.740. The number of nitrogens with zero attached hydrogens (tertiary/aromatic N) is 2. The van der Waals surface area contributed by atoms with Gasteiger partial charge in [-0.3, -0.25) is 4.79 Å². The fourth-order valence-corrected chi connectivity index (χ4v) is 4.32. The average molecular weight is 361 g/mol. The van der Waals surface area contributed by atoms with Gasteiger partial charge >= 0.3 is 0 Å². The number of carbonyl (C=O) groups excluding carboxylic acids is 1. The number of aromatic nitrogens is 1. The van der Waals surface area contributed by atoms with E-state index in [1.807, 2.05) is 18.2 Å². The molecular formula is C23H27N3O. The van der Waals surface area contributed by atoms with E-state index in [1.165, 1.54) is 36.2 Å². The van der Waals surface area contributed by atoms with Crippen molar-refractivity contribution in [2.24, 2.45) is 11.7 Å². The van der Waals surface area contributed by atoms with Gasteiger partial charge in [0.15, 0.2) is 0 Å². The molecule has 1 amide bonds. The number of carbonyl (C=O) groups is 1. The Hall–Kier alpha value is -2.75. The molecule has 1 aliphatic rings. The fraction of sp³-hybridized carbons (Fsp3) is 0.348. The second kappa shape index (κ2) is 7.47. The predicted octanol–water partition coefficient (Wildman–Crippen LogP) is 4.22. The van der Waals surface area contributed by atoms with E-state index in [9.17, 15) is 4.79 Å². The molecule has 4 nitrogen and oxygen atoms in total. The lowest BCUT2D eigenvalue weighted by atomic mass is 9.90. The van der Waals surface area contributed by atoms with Gasteiger partial charge in [-0.05, 0) is 61.9 Å². The van der Waals surface area contributed by atoms with Crippen LogP contribution in [0.3, 0.4) is 0 Å². The Morgan fingerprint density at radius 1 is 1.07 bits per heavy atom. The molecule has 140 valence electrons. The number of anilines is 1. The number of rotatable bonds is 5.